The fourth-order valence-corrected chi connectivity index (χ4v) is 1.87. The van der Waals surface area contributed by atoms with E-state index in [0.717, 1.165) is 18.9 Å². The van der Waals surface area contributed by atoms with E-state index in [4.69, 9.17) is 0 Å². The smallest absolute Gasteiger partial charge is 0.00643 e. The summed E-state index contributed by atoms with van der Waals surface area (Å²) in [4.78, 5) is 0. The fraction of sp³-hybridized carbons (Fsp3) is 0.600. The molecule has 0 aliphatic carbocycles. The molecule has 0 aromatic heterocycles. The summed E-state index contributed by atoms with van der Waals surface area (Å²) in [6.07, 6.45) is 2.38. The number of rotatable bonds is 6. The molecule has 90 valence electrons. The van der Waals surface area contributed by atoms with Crippen LogP contribution in [0.25, 0.3) is 0 Å². The minimum absolute atomic E-state index is 0.620. The van der Waals surface area contributed by atoms with E-state index < -0.39 is 0 Å². The summed E-state index contributed by atoms with van der Waals surface area (Å²) in [6, 6.07) is 9.40. The lowest BCUT2D eigenvalue weighted by atomic mass is 10.0. The molecule has 2 atom stereocenters. The molecular weight excluding hydrogens is 194 g/mol. The van der Waals surface area contributed by atoms with Gasteiger partial charge in [-0.25, -0.2) is 0 Å². The maximum absolute atomic E-state index is 3.60. The zero-order chi connectivity index (χ0) is 12.0. The maximum atomic E-state index is 3.60. The molecule has 1 heteroatoms. The van der Waals surface area contributed by atoms with E-state index in [0.29, 0.717) is 6.04 Å². The first-order chi connectivity index (χ1) is 7.63. The molecule has 0 fully saturated rings. The van der Waals surface area contributed by atoms with Crippen LogP contribution in [0.15, 0.2) is 24.3 Å². The van der Waals surface area contributed by atoms with Gasteiger partial charge in [0.25, 0.3) is 0 Å². The lowest BCUT2D eigenvalue weighted by Crippen LogP contribution is -2.33. The van der Waals surface area contributed by atoms with Crippen molar-refractivity contribution in [1.82, 2.24) is 5.32 Å². The van der Waals surface area contributed by atoms with Crippen molar-refractivity contribution in [2.75, 3.05) is 6.54 Å². The largest absolute Gasteiger partial charge is 0.314 e. The predicted octanol–water partition coefficient (Wildman–Crippen LogP) is 3.56. The molecule has 0 saturated heterocycles. The van der Waals surface area contributed by atoms with Crippen LogP contribution in [-0.4, -0.2) is 12.6 Å². The SMILES string of the molecule is CCC(C)C(C)NCCc1cccc(C)c1. The molecule has 0 aliphatic heterocycles. The second kappa shape index (κ2) is 6.70. The van der Waals surface area contributed by atoms with E-state index in [9.17, 15) is 0 Å². The lowest BCUT2D eigenvalue weighted by Gasteiger charge is -2.19. The molecule has 1 aromatic rings. The minimum Gasteiger partial charge on any atom is -0.314 e. The first-order valence-electron chi connectivity index (χ1n) is 6.42. The Bertz CT molecular complexity index is 306. The summed E-state index contributed by atoms with van der Waals surface area (Å²) in [5.41, 5.74) is 2.79. The van der Waals surface area contributed by atoms with Crippen LogP contribution < -0.4 is 5.32 Å². The monoisotopic (exact) mass is 219 g/mol. The van der Waals surface area contributed by atoms with Gasteiger partial charge in [0.1, 0.15) is 0 Å². The van der Waals surface area contributed by atoms with Gasteiger partial charge in [0, 0.05) is 6.04 Å². The van der Waals surface area contributed by atoms with Crippen LogP contribution in [0, 0.1) is 12.8 Å². The van der Waals surface area contributed by atoms with Crippen molar-refractivity contribution in [3.8, 4) is 0 Å². The van der Waals surface area contributed by atoms with Crippen LogP contribution in [0.4, 0.5) is 0 Å². The molecule has 0 amide bonds. The van der Waals surface area contributed by atoms with Crippen LogP contribution in [0.2, 0.25) is 0 Å². The number of nitrogens with one attached hydrogen (secondary N) is 1. The first kappa shape index (κ1) is 13.2. The number of hydrogen-bond donors (Lipinski definition) is 1. The predicted molar refractivity (Wildman–Crippen MR) is 71.8 cm³/mol. The van der Waals surface area contributed by atoms with Crippen molar-refractivity contribution < 1.29 is 0 Å². The summed E-state index contributed by atoms with van der Waals surface area (Å²) in [5, 5.41) is 3.60. The third-order valence-corrected chi connectivity index (χ3v) is 3.46. The third-order valence-electron chi connectivity index (χ3n) is 3.46. The molecule has 0 radical (unpaired) electrons. The zero-order valence-electron chi connectivity index (χ0n) is 11.1. The van der Waals surface area contributed by atoms with Gasteiger partial charge in [0.2, 0.25) is 0 Å². The van der Waals surface area contributed by atoms with Gasteiger partial charge in [0.15, 0.2) is 0 Å². The molecule has 1 rings (SSSR count). The van der Waals surface area contributed by atoms with Crippen LogP contribution in [0.3, 0.4) is 0 Å². The topological polar surface area (TPSA) is 12.0 Å². The molecular formula is C15H25N. The van der Waals surface area contributed by atoms with Gasteiger partial charge in [0.05, 0.1) is 0 Å². The van der Waals surface area contributed by atoms with E-state index >= 15 is 0 Å². The first-order valence-corrected chi connectivity index (χ1v) is 6.42. The normalized spacial score (nSPS) is 14.8. The van der Waals surface area contributed by atoms with Crippen molar-refractivity contribution in [3.63, 3.8) is 0 Å². The third kappa shape index (κ3) is 4.36. The van der Waals surface area contributed by atoms with Gasteiger partial charge >= 0.3 is 0 Å². The Morgan fingerprint density at radius 3 is 2.62 bits per heavy atom. The number of benzene rings is 1. The van der Waals surface area contributed by atoms with Gasteiger partial charge in [-0.1, -0.05) is 50.1 Å². The molecule has 0 heterocycles. The summed E-state index contributed by atoms with van der Waals surface area (Å²) in [5.74, 6) is 0.762. The summed E-state index contributed by atoms with van der Waals surface area (Å²) in [6.45, 7) is 10.1. The van der Waals surface area contributed by atoms with E-state index in [2.05, 4.69) is 57.3 Å². The van der Waals surface area contributed by atoms with Crippen LogP contribution in [-0.2, 0) is 6.42 Å². The van der Waals surface area contributed by atoms with Crippen molar-refractivity contribution in [2.45, 2.75) is 46.6 Å². The maximum Gasteiger partial charge on any atom is 0.00643 e. The van der Waals surface area contributed by atoms with E-state index in [1.54, 1.807) is 0 Å². The number of hydrogen-bond acceptors (Lipinski definition) is 1. The Balaban J connectivity index is 2.30. The van der Waals surface area contributed by atoms with Crippen molar-refractivity contribution >= 4 is 0 Å². The van der Waals surface area contributed by atoms with Gasteiger partial charge < -0.3 is 5.32 Å². The minimum atomic E-state index is 0.620. The van der Waals surface area contributed by atoms with E-state index in [1.165, 1.54) is 17.5 Å². The van der Waals surface area contributed by atoms with Gasteiger partial charge in [-0.15, -0.1) is 0 Å². The Morgan fingerprint density at radius 1 is 1.25 bits per heavy atom. The van der Waals surface area contributed by atoms with Crippen molar-refractivity contribution in [2.24, 2.45) is 5.92 Å². The highest BCUT2D eigenvalue weighted by atomic mass is 14.9. The fourth-order valence-electron chi connectivity index (χ4n) is 1.87. The summed E-state index contributed by atoms with van der Waals surface area (Å²) < 4.78 is 0. The highest BCUT2D eigenvalue weighted by Crippen LogP contribution is 2.07. The average Bonchev–Trinajstić information content (AvgIpc) is 2.28. The molecule has 1 aromatic carbocycles. The molecule has 0 aliphatic rings. The highest BCUT2D eigenvalue weighted by Gasteiger charge is 2.08. The molecule has 1 nitrogen and oxygen atoms in total. The van der Waals surface area contributed by atoms with Gasteiger partial charge in [-0.05, 0) is 38.3 Å². The molecule has 0 spiro atoms. The lowest BCUT2D eigenvalue weighted by molar-refractivity contribution is 0.393. The standard InChI is InChI=1S/C15H25N/c1-5-13(3)14(4)16-10-9-15-8-6-7-12(2)11-15/h6-8,11,13-14,16H,5,9-10H2,1-4H3. The summed E-state index contributed by atoms with van der Waals surface area (Å²) >= 11 is 0. The Kier molecular flexibility index (Phi) is 5.54. The van der Waals surface area contributed by atoms with Crippen molar-refractivity contribution in [3.05, 3.63) is 35.4 Å². The Morgan fingerprint density at radius 2 is 2.00 bits per heavy atom. The second-order valence-corrected chi connectivity index (χ2v) is 4.87. The van der Waals surface area contributed by atoms with E-state index in [-0.39, 0.29) is 0 Å². The zero-order valence-corrected chi connectivity index (χ0v) is 11.1. The number of aryl methyl sites for hydroxylation is 1. The highest BCUT2D eigenvalue weighted by molar-refractivity contribution is 5.22. The second-order valence-electron chi connectivity index (χ2n) is 4.87. The molecule has 16 heavy (non-hydrogen) atoms. The Labute approximate surface area is 100 Å². The van der Waals surface area contributed by atoms with Gasteiger partial charge in [-0.2, -0.15) is 0 Å². The molecule has 1 N–H and O–H groups in total. The average molecular weight is 219 g/mol. The molecule has 2 unspecified atom stereocenters. The summed E-state index contributed by atoms with van der Waals surface area (Å²) in [7, 11) is 0. The van der Waals surface area contributed by atoms with Crippen LogP contribution in [0.5, 0.6) is 0 Å². The Hall–Kier alpha value is -0.820. The quantitative estimate of drug-likeness (QED) is 0.771. The van der Waals surface area contributed by atoms with Crippen LogP contribution >= 0.6 is 0 Å². The van der Waals surface area contributed by atoms with Crippen molar-refractivity contribution in [1.29, 1.82) is 0 Å². The molecule has 0 saturated carbocycles. The van der Waals surface area contributed by atoms with Crippen LogP contribution in [0.1, 0.15) is 38.3 Å². The molecule has 0 bridgehead atoms. The van der Waals surface area contributed by atoms with Gasteiger partial charge in [-0.3, -0.25) is 0 Å². The van der Waals surface area contributed by atoms with E-state index in [1.807, 2.05) is 0 Å².